The van der Waals surface area contributed by atoms with Crippen molar-refractivity contribution in [3.63, 3.8) is 0 Å². The predicted molar refractivity (Wildman–Crippen MR) is 60.7 cm³/mol. The molecule has 0 amide bonds. The normalized spacial score (nSPS) is 10.3. The maximum atomic E-state index is 6.01. The highest BCUT2D eigenvalue weighted by molar-refractivity contribution is 6.36. The Morgan fingerprint density at radius 1 is 1.27 bits per heavy atom. The van der Waals surface area contributed by atoms with Gasteiger partial charge in [0.2, 0.25) is 0 Å². The van der Waals surface area contributed by atoms with Crippen LogP contribution in [0.5, 0.6) is 0 Å². The summed E-state index contributed by atoms with van der Waals surface area (Å²) in [5, 5.41) is 1.05. The maximum absolute atomic E-state index is 6.01. The van der Waals surface area contributed by atoms with Gasteiger partial charge in [-0.2, -0.15) is 0 Å². The van der Waals surface area contributed by atoms with Crippen molar-refractivity contribution < 1.29 is 0 Å². The highest BCUT2D eigenvalue weighted by Crippen LogP contribution is 2.30. The van der Waals surface area contributed by atoms with Crippen molar-refractivity contribution in [2.24, 2.45) is 0 Å². The van der Waals surface area contributed by atoms with Gasteiger partial charge in [0.25, 0.3) is 0 Å². The molecular formula is C10H6Cl2N3. The Morgan fingerprint density at radius 3 is 2.73 bits per heavy atom. The lowest BCUT2D eigenvalue weighted by Crippen LogP contribution is -1.96. The molecule has 2 aromatic rings. The van der Waals surface area contributed by atoms with E-state index < -0.39 is 0 Å². The van der Waals surface area contributed by atoms with Gasteiger partial charge in [-0.05, 0) is 18.2 Å². The van der Waals surface area contributed by atoms with Gasteiger partial charge in [-0.3, -0.25) is 0 Å². The Bertz CT molecular complexity index is 500. The van der Waals surface area contributed by atoms with Crippen LogP contribution in [-0.2, 0) is 0 Å². The summed E-state index contributed by atoms with van der Waals surface area (Å²) in [7, 11) is 0. The lowest BCUT2D eigenvalue weighted by molar-refractivity contribution is 1.20. The minimum Gasteiger partial charge on any atom is -0.382 e. The molecule has 0 unspecified atom stereocenters. The van der Waals surface area contributed by atoms with Crippen LogP contribution in [0.3, 0.4) is 0 Å². The molecule has 0 saturated carbocycles. The zero-order valence-corrected chi connectivity index (χ0v) is 9.05. The second kappa shape index (κ2) is 4.04. The van der Waals surface area contributed by atoms with Crippen LogP contribution in [-0.4, -0.2) is 9.97 Å². The fourth-order valence-corrected chi connectivity index (χ4v) is 1.69. The van der Waals surface area contributed by atoms with Gasteiger partial charge in [0.1, 0.15) is 17.7 Å². The summed E-state index contributed by atoms with van der Waals surface area (Å²) >= 11 is 11.8. The average molecular weight is 239 g/mol. The SMILES string of the molecule is Nc1nc[c]nc1-c1ccc(Cl)cc1Cl. The van der Waals surface area contributed by atoms with Crippen molar-refractivity contribution in [3.8, 4) is 11.3 Å². The average Bonchev–Trinajstić information content (AvgIpc) is 2.20. The second-order valence-electron chi connectivity index (χ2n) is 2.86. The van der Waals surface area contributed by atoms with Crippen molar-refractivity contribution in [1.29, 1.82) is 0 Å². The Kier molecular flexibility index (Phi) is 2.75. The molecular weight excluding hydrogens is 233 g/mol. The van der Waals surface area contributed by atoms with Gasteiger partial charge in [-0.1, -0.05) is 23.2 Å². The van der Waals surface area contributed by atoms with E-state index in [2.05, 4.69) is 16.2 Å². The summed E-state index contributed by atoms with van der Waals surface area (Å²) in [4.78, 5) is 7.89. The molecule has 0 fully saturated rings. The standard InChI is InChI=1S/C10H6Cl2N3/c11-6-1-2-7(8(12)5-6)9-10(13)15-4-3-14-9/h1-2,4-5H,(H2,13,15). The molecule has 0 bridgehead atoms. The molecule has 75 valence electrons. The molecule has 0 saturated heterocycles. The summed E-state index contributed by atoms with van der Waals surface area (Å²) in [5.74, 6) is 0.318. The van der Waals surface area contributed by atoms with Gasteiger partial charge >= 0.3 is 0 Å². The van der Waals surface area contributed by atoms with Crippen LogP contribution in [0.25, 0.3) is 11.3 Å². The molecule has 0 atom stereocenters. The van der Waals surface area contributed by atoms with Crippen molar-refractivity contribution in [2.75, 3.05) is 5.73 Å². The molecule has 1 aromatic heterocycles. The number of rotatable bonds is 1. The number of anilines is 1. The first kappa shape index (κ1) is 10.2. The van der Waals surface area contributed by atoms with E-state index >= 15 is 0 Å². The zero-order valence-electron chi connectivity index (χ0n) is 7.54. The molecule has 0 spiro atoms. The third kappa shape index (κ3) is 2.03. The molecule has 2 rings (SSSR count). The van der Waals surface area contributed by atoms with Crippen LogP contribution in [0.2, 0.25) is 10.0 Å². The lowest BCUT2D eigenvalue weighted by atomic mass is 10.1. The summed E-state index contributed by atoms with van der Waals surface area (Å²) in [6.45, 7) is 0. The first-order valence-electron chi connectivity index (χ1n) is 4.12. The molecule has 0 aliphatic rings. The van der Waals surface area contributed by atoms with E-state index in [0.717, 1.165) is 0 Å². The van der Waals surface area contributed by atoms with E-state index in [1.807, 2.05) is 0 Å². The van der Waals surface area contributed by atoms with E-state index in [1.165, 1.54) is 6.20 Å². The van der Waals surface area contributed by atoms with Gasteiger partial charge in [0.15, 0.2) is 0 Å². The van der Waals surface area contributed by atoms with Crippen molar-refractivity contribution in [3.05, 3.63) is 40.6 Å². The first-order chi connectivity index (χ1) is 7.18. The largest absolute Gasteiger partial charge is 0.382 e. The Morgan fingerprint density at radius 2 is 2.07 bits per heavy atom. The number of halogens is 2. The molecule has 1 heterocycles. The predicted octanol–water partition coefficient (Wildman–Crippen LogP) is 2.83. The van der Waals surface area contributed by atoms with Crippen LogP contribution in [0.4, 0.5) is 5.82 Å². The molecule has 1 radical (unpaired) electrons. The van der Waals surface area contributed by atoms with Gasteiger partial charge in [0, 0.05) is 10.6 Å². The molecule has 5 heteroatoms. The lowest BCUT2D eigenvalue weighted by Gasteiger charge is -2.05. The van der Waals surface area contributed by atoms with E-state index in [4.69, 9.17) is 28.9 Å². The van der Waals surface area contributed by atoms with E-state index in [9.17, 15) is 0 Å². The van der Waals surface area contributed by atoms with E-state index in [-0.39, 0.29) is 0 Å². The van der Waals surface area contributed by atoms with Crippen molar-refractivity contribution >= 4 is 29.0 Å². The van der Waals surface area contributed by atoms with Crippen molar-refractivity contribution in [2.45, 2.75) is 0 Å². The molecule has 1 aromatic carbocycles. The maximum Gasteiger partial charge on any atom is 0.150 e. The van der Waals surface area contributed by atoms with Crippen molar-refractivity contribution in [1.82, 2.24) is 9.97 Å². The summed E-state index contributed by atoms with van der Waals surface area (Å²) in [6, 6.07) is 5.10. The number of nitrogen functional groups attached to an aromatic ring is 1. The van der Waals surface area contributed by atoms with Crippen LogP contribution < -0.4 is 5.73 Å². The van der Waals surface area contributed by atoms with Crippen LogP contribution in [0.15, 0.2) is 24.4 Å². The Labute approximate surface area is 96.9 Å². The van der Waals surface area contributed by atoms with Crippen LogP contribution in [0, 0.1) is 6.20 Å². The fraction of sp³-hybridized carbons (Fsp3) is 0. The highest BCUT2D eigenvalue weighted by Gasteiger charge is 2.09. The molecule has 3 nitrogen and oxygen atoms in total. The molecule has 2 N–H and O–H groups in total. The summed E-state index contributed by atoms with van der Waals surface area (Å²) in [5.41, 5.74) is 6.88. The summed E-state index contributed by atoms with van der Waals surface area (Å²) in [6.07, 6.45) is 4.01. The third-order valence-electron chi connectivity index (χ3n) is 1.87. The topological polar surface area (TPSA) is 51.8 Å². The number of hydrogen-bond acceptors (Lipinski definition) is 3. The molecule has 15 heavy (non-hydrogen) atoms. The van der Waals surface area contributed by atoms with E-state index in [1.54, 1.807) is 18.2 Å². The minimum absolute atomic E-state index is 0.318. The number of nitrogens with zero attached hydrogens (tertiary/aromatic N) is 2. The summed E-state index contributed by atoms with van der Waals surface area (Å²) < 4.78 is 0. The smallest absolute Gasteiger partial charge is 0.150 e. The van der Waals surface area contributed by atoms with Gasteiger partial charge in [-0.25, -0.2) is 9.97 Å². The zero-order chi connectivity index (χ0) is 10.8. The van der Waals surface area contributed by atoms with Crippen LogP contribution in [0.1, 0.15) is 0 Å². The third-order valence-corrected chi connectivity index (χ3v) is 2.41. The monoisotopic (exact) mass is 238 g/mol. The number of nitrogens with two attached hydrogens (primary N) is 1. The van der Waals surface area contributed by atoms with Gasteiger partial charge in [0.05, 0.1) is 11.2 Å². The minimum atomic E-state index is 0.318. The fourth-order valence-electron chi connectivity index (χ4n) is 1.19. The quantitative estimate of drug-likeness (QED) is 0.832. The highest BCUT2D eigenvalue weighted by atomic mass is 35.5. The number of hydrogen-bond donors (Lipinski definition) is 1. The number of benzene rings is 1. The van der Waals surface area contributed by atoms with E-state index in [0.29, 0.717) is 27.1 Å². The first-order valence-corrected chi connectivity index (χ1v) is 4.88. The van der Waals surface area contributed by atoms with Gasteiger partial charge < -0.3 is 5.73 Å². The Hall–Kier alpha value is -1.32. The van der Waals surface area contributed by atoms with Crippen LogP contribution >= 0.6 is 23.2 Å². The second-order valence-corrected chi connectivity index (χ2v) is 3.70. The number of aromatic nitrogens is 2. The Balaban J connectivity index is 2.60. The molecule has 0 aliphatic carbocycles. The molecule has 0 aliphatic heterocycles. The van der Waals surface area contributed by atoms with Gasteiger partial charge in [-0.15, -0.1) is 0 Å².